The van der Waals surface area contributed by atoms with E-state index in [2.05, 4.69) is 25.9 Å². The normalized spacial score (nSPS) is 16.9. The van der Waals surface area contributed by atoms with Crippen molar-refractivity contribution in [2.24, 2.45) is 0 Å². The Bertz CT molecular complexity index is 426. The summed E-state index contributed by atoms with van der Waals surface area (Å²) in [4.78, 5) is 18.7. The second-order valence-electron chi connectivity index (χ2n) is 4.13. The molecule has 1 aromatic heterocycles. The highest BCUT2D eigenvalue weighted by atomic mass is 79.9. The van der Waals surface area contributed by atoms with Crippen LogP contribution in [0.3, 0.4) is 0 Å². The molecule has 0 atom stereocenters. The van der Waals surface area contributed by atoms with E-state index in [0.717, 1.165) is 22.5 Å². The molecule has 1 heterocycles. The fourth-order valence-corrected chi connectivity index (χ4v) is 3.33. The summed E-state index contributed by atoms with van der Waals surface area (Å²) in [5, 5.41) is 0.759. The molecule has 0 aliphatic heterocycles. The van der Waals surface area contributed by atoms with Gasteiger partial charge in [0.1, 0.15) is 10.3 Å². The third-order valence-corrected chi connectivity index (χ3v) is 5.15. The fourth-order valence-electron chi connectivity index (χ4n) is 1.95. The van der Waals surface area contributed by atoms with Gasteiger partial charge in [-0.2, -0.15) is 11.8 Å². The second-order valence-corrected chi connectivity index (χ2v) is 6.21. The Hall–Kier alpha value is -0.290. The zero-order valence-electron chi connectivity index (χ0n) is 9.25. The average Bonchev–Trinajstić information content (AvgIpc) is 2.75. The highest BCUT2D eigenvalue weighted by molar-refractivity contribution is 9.10. The van der Waals surface area contributed by atoms with E-state index in [-0.39, 0.29) is 5.56 Å². The lowest BCUT2D eigenvalue weighted by atomic mass is 10.4. The minimum Gasteiger partial charge on any atom is -0.309 e. The monoisotopic (exact) mass is 302 g/mol. The Morgan fingerprint density at radius 2 is 2.19 bits per heavy atom. The van der Waals surface area contributed by atoms with E-state index in [4.69, 9.17) is 0 Å². The maximum absolute atomic E-state index is 11.5. The van der Waals surface area contributed by atoms with Gasteiger partial charge in [-0.05, 0) is 35.7 Å². The largest absolute Gasteiger partial charge is 0.309 e. The molecule has 1 aromatic rings. The standard InChI is InChI=1S/C11H15BrN2OS/c1-7-10(12)11(15)14-9(13-7)6-16-8-4-2-3-5-8/h8H,2-6H2,1H3,(H,13,14,15). The SMILES string of the molecule is Cc1nc(CSC2CCCC2)[nH]c(=O)c1Br. The van der Waals surface area contributed by atoms with Crippen molar-refractivity contribution >= 4 is 27.7 Å². The summed E-state index contributed by atoms with van der Waals surface area (Å²) in [6, 6.07) is 0. The van der Waals surface area contributed by atoms with Crippen LogP contribution in [0.2, 0.25) is 0 Å². The molecule has 0 radical (unpaired) electrons. The van der Waals surface area contributed by atoms with Crippen molar-refractivity contribution in [1.82, 2.24) is 9.97 Å². The first-order valence-electron chi connectivity index (χ1n) is 5.53. The van der Waals surface area contributed by atoms with Gasteiger partial charge in [0.25, 0.3) is 5.56 Å². The molecule has 1 aliphatic rings. The Labute approximate surface area is 108 Å². The molecule has 0 bridgehead atoms. The van der Waals surface area contributed by atoms with Gasteiger partial charge >= 0.3 is 0 Å². The van der Waals surface area contributed by atoms with Gasteiger partial charge in [0.2, 0.25) is 0 Å². The molecular weight excluding hydrogens is 288 g/mol. The number of aryl methyl sites for hydroxylation is 1. The lowest BCUT2D eigenvalue weighted by Gasteiger charge is -2.08. The van der Waals surface area contributed by atoms with Crippen LogP contribution in [0.5, 0.6) is 0 Å². The van der Waals surface area contributed by atoms with Crippen molar-refractivity contribution in [2.45, 2.75) is 43.6 Å². The number of rotatable bonds is 3. The third-order valence-electron chi connectivity index (χ3n) is 2.84. The lowest BCUT2D eigenvalue weighted by molar-refractivity contribution is 0.886. The van der Waals surface area contributed by atoms with Crippen LogP contribution >= 0.6 is 27.7 Å². The van der Waals surface area contributed by atoms with Crippen LogP contribution in [0.4, 0.5) is 0 Å². The van der Waals surface area contributed by atoms with Crippen LogP contribution in [-0.4, -0.2) is 15.2 Å². The molecule has 0 unspecified atom stereocenters. The molecule has 0 aromatic carbocycles. The van der Waals surface area contributed by atoms with Gasteiger partial charge in [0.15, 0.2) is 0 Å². The Morgan fingerprint density at radius 3 is 2.81 bits per heavy atom. The van der Waals surface area contributed by atoms with E-state index in [1.54, 1.807) is 0 Å². The lowest BCUT2D eigenvalue weighted by Crippen LogP contribution is -2.14. The number of thioether (sulfide) groups is 1. The fraction of sp³-hybridized carbons (Fsp3) is 0.636. The predicted octanol–water partition coefficient (Wildman–Crippen LogP) is 3.02. The quantitative estimate of drug-likeness (QED) is 0.933. The first kappa shape index (κ1) is 12.2. The maximum Gasteiger partial charge on any atom is 0.265 e. The number of aromatic amines is 1. The topological polar surface area (TPSA) is 45.8 Å². The molecular formula is C11H15BrN2OS. The zero-order chi connectivity index (χ0) is 11.5. The van der Waals surface area contributed by atoms with Crippen molar-refractivity contribution in [2.75, 3.05) is 0 Å². The number of nitrogens with zero attached hydrogens (tertiary/aromatic N) is 1. The number of halogens is 1. The number of aromatic nitrogens is 2. The van der Waals surface area contributed by atoms with Gasteiger partial charge in [-0.1, -0.05) is 12.8 Å². The van der Waals surface area contributed by atoms with Gasteiger partial charge in [0, 0.05) is 5.25 Å². The summed E-state index contributed by atoms with van der Waals surface area (Å²) in [6.07, 6.45) is 5.32. The minimum atomic E-state index is -0.0745. The van der Waals surface area contributed by atoms with Crippen molar-refractivity contribution in [3.05, 3.63) is 26.3 Å². The Balaban J connectivity index is 2.01. The zero-order valence-corrected chi connectivity index (χ0v) is 11.7. The van der Waals surface area contributed by atoms with Crippen LogP contribution in [0.1, 0.15) is 37.2 Å². The van der Waals surface area contributed by atoms with Gasteiger partial charge in [0.05, 0.1) is 11.4 Å². The summed E-state index contributed by atoms with van der Waals surface area (Å²) >= 11 is 5.13. The summed E-state index contributed by atoms with van der Waals surface area (Å²) in [5.41, 5.74) is 0.695. The molecule has 3 nitrogen and oxygen atoms in total. The highest BCUT2D eigenvalue weighted by Crippen LogP contribution is 2.30. The van der Waals surface area contributed by atoms with Gasteiger partial charge in [-0.3, -0.25) is 4.79 Å². The molecule has 88 valence electrons. The van der Waals surface area contributed by atoms with E-state index in [1.807, 2.05) is 18.7 Å². The summed E-state index contributed by atoms with van der Waals surface area (Å²) < 4.78 is 0.544. The predicted molar refractivity (Wildman–Crippen MR) is 70.8 cm³/mol. The van der Waals surface area contributed by atoms with Crippen molar-refractivity contribution < 1.29 is 0 Å². The van der Waals surface area contributed by atoms with E-state index in [1.165, 1.54) is 25.7 Å². The first-order chi connectivity index (χ1) is 7.66. The molecule has 1 aliphatic carbocycles. The van der Waals surface area contributed by atoms with Gasteiger partial charge in [-0.25, -0.2) is 4.98 Å². The molecule has 0 amide bonds. The smallest absolute Gasteiger partial charge is 0.265 e. The summed E-state index contributed by atoms with van der Waals surface area (Å²) in [6.45, 7) is 1.85. The second kappa shape index (κ2) is 5.36. The minimum absolute atomic E-state index is 0.0745. The van der Waals surface area contributed by atoms with Crippen LogP contribution in [0.15, 0.2) is 9.27 Å². The molecule has 5 heteroatoms. The van der Waals surface area contributed by atoms with E-state index in [9.17, 15) is 4.79 Å². The summed E-state index contributed by atoms with van der Waals surface area (Å²) in [5.74, 6) is 1.61. The van der Waals surface area contributed by atoms with Crippen molar-refractivity contribution in [3.63, 3.8) is 0 Å². The molecule has 16 heavy (non-hydrogen) atoms. The van der Waals surface area contributed by atoms with Crippen molar-refractivity contribution in [1.29, 1.82) is 0 Å². The Kier molecular flexibility index (Phi) is 4.08. The first-order valence-corrected chi connectivity index (χ1v) is 7.38. The number of hydrogen-bond donors (Lipinski definition) is 1. The van der Waals surface area contributed by atoms with Crippen molar-refractivity contribution in [3.8, 4) is 0 Å². The van der Waals surface area contributed by atoms with Crippen LogP contribution in [0.25, 0.3) is 0 Å². The molecule has 1 saturated carbocycles. The average molecular weight is 303 g/mol. The van der Waals surface area contributed by atoms with E-state index in [0.29, 0.717) is 4.47 Å². The van der Waals surface area contributed by atoms with Gasteiger partial charge in [-0.15, -0.1) is 0 Å². The van der Waals surface area contributed by atoms with Crippen LogP contribution in [0, 0.1) is 6.92 Å². The molecule has 1 N–H and O–H groups in total. The number of H-pyrrole nitrogens is 1. The molecule has 0 spiro atoms. The Morgan fingerprint density at radius 1 is 1.50 bits per heavy atom. The summed E-state index contributed by atoms with van der Waals surface area (Å²) in [7, 11) is 0. The highest BCUT2D eigenvalue weighted by Gasteiger charge is 2.16. The van der Waals surface area contributed by atoms with E-state index >= 15 is 0 Å². The van der Waals surface area contributed by atoms with E-state index < -0.39 is 0 Å². The number of hydrogen-bond acceptors (Lipinski definition) is 3. The number of nitrogens with one attached hydrogen (secondary N) is 1. The molecule has 0 saturated heterocycles. The van der Waals surface area contributed by atoms with Crippen LogP contribution in [-0.2, 0) is 5.75 Å². The van der Waals surface area contributed by atoms with Crippen LogP contribution < -0.4 is 5.56 Å². The molecule has 1 fully saturated rings. The molecule has 2 rings (SSSR count). The third kappa shape index (κ3) is 2.88. The maximum atomic E-state index is 11.5. The van der Waals surface area contributed by atoms with Gasteiger partial charge < -0.3 is 4.98 Å².